The highest BCUT2D eigenvalue weighted by atomic mass is 35.5. The summed E-state index contributed by atoms with van der Waals surface area (Å²) in [7, 11) is -3.69. The fourth-order valence-corrected chi connectivity index (χ4v) is 3.87. The summed E-state index contributed by atoms with van der Waals surface area (Å²) < 4.78 is 26.2. The molecule has 0 bridgehead atoms. The molecule has 1 aliphatic carbocycles. The van der Waals surface area contributed by atoms with E-state index in [4.69, 9.17) is 22.4 Å². The van der Waals surface area contributed by atoms with E-state index in [1.807, 2.05) is 0 Å². The van der Waals surface area contributed by atoms with Gasteiger partial charge in [0.25, 0.3) is 0 Å². The molecule has 0 amide bonds. The summed E-state index contributed by atoms with van der Waals surface area (Å²) in [5.41, 5.74) is 5.87. The van der Waals surface area contributed by atoms with Gasteiger partial charge < -0.3 is 10.8 Å². The zero-order valence-corrected chi connectivity index (χ0v) is 11.3. The highest BCUT2D eigenvalue weighted by Gasteiger charge is 2.38. The van der Waals surface area contributed by atoms with Crippen LogP contribution in [0.15, 0.2) is 23.1 Å². The molecule has 0 aliphatic heterocycles. The lowest BCUT2D eigenvalue weighted by Crippen LogP contribution is -2.35. The van der Waals surface area contributed by atoms with E-state index in [0.717, 1.165) is 12.8 Å². The smallest absolute Gasteiger partial charge is 0.245 e. The Bertz CT molecular complexity index is 543. The van der Waals surface area contributed by atoms with Gasteiger partial charge in [0.05, 0.1) is 12.3 Å². The van der Waals surface area contributed by atoms with Gasteiger partial charge in [-0.3, -0.25) is 0 Å². The number of nitrogens with two attached hydrogens (primary N) is 1. The topological polar surface area (TPSA) is 83.6 Å². The van der Waals surface area contributed by atoms with E-state index in [1.165, 1.54) is 16.4 Å². The Labute approximate surface area is 111 Å². The zero-order chi connectivity index (χ0) is 13.3. The van der Waals surface area contributed by atoms with E-state index in [9.17, 15) is 8.42 Å². The Morgan fingerprint density at radius 3 is 2.67 bits per heavy atom. The van der Waals surface area contributed by atoms with Gasteiger partial charge in [-0.1, -0.05) is 11.6 Å². The predicted octanol–water partition coefficient (Wildman–Crippen LogP) is 1.07. The fraction of sp³-hybridized carbons (Fsp3) is 0.455. The van der Waals surface area contributed by atoms with Crippen LogP contribution in [0.4, 0.5) is 5.69 Å². The molecule has 1 saturated carbocycles. The second-order valence-electron chi connectivity index (χ2n) is 4.25. The summed E-state index contributed by atoms with van der Waals surface area (Å²) in [4.78, 5) is 0.00958. The molecule has 0 aromatic heterocycles. The minimum absolute atomic E-state index is 0.00958. The molecule has 3 N–H and O–H groups in total. The first-order chi connectivity index (χ1) is 8.46. The Balaban J connectivity index is 2.42. The fourth-order valence-electron chi connectivity index (χ4n) is 1.82. The Hall–Kier alpha value is -0.820. The maximum atomic E-state index is 12.5. The van der Waals surface area contributed by atoms with Crippen molar-refractivity contribution in [2.45, 2.75) is 23.8 Å². The van der Waals surface area contributed by atoms with Gasteiger partial charge in [0.2, 0.25) is 10.0 Å². The maximum absolute atomic E-state index is 12.5. The molecule has 1 aromatic carbocycles. The lowest BCUT2D eigenvalue weighted by molar-refractivity contribution is 0.250. The van der Waals surface area contributed by atoms with Gasteiger partial charge in [-0.25, -0.2) is 8.42 Å². The summed E-state index contributed by atoms with van der Waals surface area (Å²) in [5, 5.41) is 9.31. The molecule has 18 heavy (non-hydrogen) atoms. The third-order valence-electron chi connectivity index (χ3n) is 2.84. The van der Waals surface area contributed by atoms with Gasteiger partial charge in [0.15, 0.2) is 0 Å². The summed E-state index contributed by atoms with van der Waals surface area (Å²) in [5.74, 6) is 0. The second kappa shape index (κ2) is 5.05. The third-order valence-corrected chi connectivity index (χ3v) is 5.08. The molecular formula is C11H15ClN2O3S. The van der Waals surface area contributed by atoms with Crippen LogP contribution in [0.5, 0.6) is 0 Å². The first-order valence-corrected chi connectivity index (χ1v) is 7.46. The number of nitrogens with zero attached hydrogens (tertiary/aromatic N) is 1. The summed E-state index contributed by atoms with van der Waals surface area (Å²) >= 11 is 5.81. The molecule has 1 fully saturated rings. The standard InChI is InChI=1S/C11H15ClN2O3S/c12-8-1-4-10(13)11(7-8)18(16,17)14(5-6-15)9-2-3-9/h1,4,7,9,15H,2-3,5-6,13H2. The number of halogens is 1. The third kappa shape index (κ3) is 2.61. The molecule has 0 unspecified atom stereocenters. The zero-order valence-electron chi connectivity index (χ0n) is 9.71. The molecule has 0 spiro atoms. The van der Waals surface area contributed by atoms with Gasteiger partial charge in [-0.15, -0.1) is 0 Å². The number of nitrogen functional groups attached to an aromatic ring is 1. The van der Waals surface area contributed by atoms with Crippen LogP contribution >= 0.6 is 11.6 Å². The summed E-state index contributed by atoms with van der Waals surface area (Å²) in [6.45, 7) is -0.130. The number of benzene rings is 1. The van der Waals surface area contributed by atoms with Crippen molar-refractivity contribution in [3.05, 3.63) is 23.2 Å². The van der Waals surface area contributed by atoms with Crippen LogP contribution in [0.3, 0.4) is 0 Å². The van der Waals surface area contributed by atoms with E-state index in [1.54, 1.807) is 6.07 Å². The first-order valence-electron chi connectivity index (χ1n) is 5.64. The van der Waals surface area contributed by atoms with Crippen molar-refractivity contribution >= 4 is 27.3 Å². The molecule has 7 heteroatoms. The molecule has 2 rings (SSSR count). The van der Waals surface area contributed by atoms with E-state index >= 15 is 0 Å². The monoisotopic (exact) mass is 290 g/mol. The van der Waals surface area contributed by atoms with Crippen molar-refractivity contribution in [2.75, 3.05) is 18.9 Å². The molecule has 0 saturated heterocycles. The number of aliphatic hydroxyl groups excluding tert-OH is 1. The van der Waals surface area contributed by atoms with Crippen LogP contribution in [-0.2, 0) is 10.0 Å². The van der Waals surface area contributed by atoms with Crippen molar-refractivity contribution in [1.82, 2.24) is 4.31 Å². The van der Waals surface area contributed by atoms with Crippen molar-refractivity contribution in [3.8, 4) is 0 Å². The van der Waals surface area contributed by atoms with Crippen LogP contribution in [0.25, 0.3) is 0 Å². The molecule has 1 aromatic rings. The Morgan fingerprint density at radius 2 is 2.11 bits per heavy atom. The Kier molecular flexibility index (Phi) is 3.82. The number of anilines is 1. The highest BCUT2D eigenvalue weighted by Crippen LogP contribution is 2.34. The van der Waals surface area contributed by atoms with Crippen molar-refractivity contribution in [1.29, 1.82) is 0 Å². The van der Waals surface area contributed by atoms with Crippen molar-refractivity contribution < 1.29 is 13.5 Å². The number of aliphatic hydroxyl groups is 1. The van der Waals surface area contributed by atoms with Crippen molar-refractivity contribution in [3.63, 3.8) is 0 Å². The summed E-state index contributed by atoms with van der Waals surface area (Å²) in [6.07, 6.45) is 1.64. The molecule has 100 valence electrons. The SMILES string of the molecule is Nc1ccc(Cl)cc1S(=O)(=O)N(CCO)C1CC1. The van der Waals surface area contributed by atoms with Crippen LogP contribution < -0.4 is 5.73 Å². The van der Waals surface area contributed by atoms with Crippen LogP contribution in [0.1, 0.15) is 12.8 Å². The predicted molar refractivity (Wildman–Crippen MR) is 69.9 cm³/mol. The molecule has 0 radical (unpaired) electrons. The quantitative estimate of drug-likeness (QED) is 0.795. The molecule has 0 heterocycles. The number of sulfonamides is 1. The number of rotatable bonds is 5. The van der Waals surface area contributed by atoms with Gasteiger partial charge >= 0.3 is 0 Å². The molecule has 5 nitrogen and oxygen atoms in total. The van der Waals surface area contributed by atoms with Crippen LogP contribution in [-0.4, -0.2) is 37.0 Å². The van der Waals surface area contributed by atoms with E-state index in [-0.39, 0.29) is 29.8 Å². The van der Waals surface area contributed by atoms with Gasteiger partial charge in [0, 0.05) is 17.6 Å². The maximum Gasteiger partial charge on any atom is 0.245 e. The highest BCUT2D eigenvalue weighted by molar-refractivity contribution is 7.89. The second-order valence-corrected chi connectivity index (χ2v) is 6.55. The van der Waals surface area contributed by atoms with Gasteiger partial charge in [0.1, 0.15) is 4.90 Å². The van der Waals surface area contributed by atoms with E-state index < -0.39 is 10.0 Å². The van der Waals surface area contributed by atoms with Crippen LogP contribution in [0, 0.1) is 0 Å². The summed E-state index contributed by atoms with van der Waals surface area (Å²) in [6, 6.07) is 4.34. The lowest BCUT2D eigenvalue weighted by Gasteiger charge is -2.21. The average Bonchev–Trinajstić information content (AvgIpc) is 3.13. The lowest BCUT2D eigenvalue weighted by atomic mass is 10.3. The minimum Gasteiger partial charge on any atom is -0.398 e. The normalized spacial score (nSPS) is 16.2. The first kappa shape index (κ1) is 13.6. The van der Waals surface area contributed by atoms with E-state index in [2.05, 4.69) is 0 Å². The van der Waals surface area contributed by atoms with E-state index in [0.29, 0.717) is 5.02 Å². The van der Waals surface area contributed by atoms with Gasteiger partial charge in [-0.05, 0) is 31.0 Å². The van der Waals surface area contributed by atoms with Crippen molar-refractivity contribution in [2.24, 2.45) is 0 Å². The molecule has 1 aliphatic rings. The minimum atomic E-state index is -3.69. The van der Waals surface area contributed by atoms with Crippen LogP contribution in [0.2, 0.25) is 5.02 Å². The Morgan fingerprint density at radius 1 is 1.44 bits per heavy atom. The van der Waals surface area contributed by atoms with Gasteiger partial charge in [-0.2, -0.15) is 4.31 Å². The molecule has 0 atom stereocenters. The largest absolute Gasteiger partial charge is 0.398 e. The number of hydrogen-bond donors (Lipinski definition) is 2. The number of hydrogen-bond acceptors (Lipinski definition) is 4. The average molecular weight is 291 g/mol. The molecular weight excluding hydrogens is 276 g/mol.